The van der Waals surface area contributed by atoms with Crippen molar-refractivity contribution in [1.29, 1.82) is 0 Å². The molecular weight excluding hydrogens is 372 g/mol. The maximum Gasteiger partial charge on any atom is 0.222 e. The fourth-order valence-electron chi connectivity index (χ4n) is 4.56. The van der Waals surface area contributed by atoms with Gasteiger partial charge < -0.3 is 16.0 Å². The first-order valence-corrected chi connectivity index (χ1v) is 11.1. The van der Waals surface area contributed by atoms with E-state index in [9.17, 15) is 4.79 Å². The van der Waals surface area contributed by atoms with Gasteiger partial charge in [0.1, 0.15) is 0 Å². The molecule has 2 aromatic carbocycles. The second-order valence-corrected chi connectivity index (χ2v) is 8.68. The van der Waals surface area contributed by atoms with Crippen molar-refractivity contribution in [3.05, 3.63) is 65.2 Å². The quantitative estimate of drug-likeness (QED) is 0.755. The Morgan fingerprint density at radius 2 is 1.90 bits per heavy atom. The number of aliphatic imine (C=N–C) groups is 1. The van der Waals surface area contributed by atoms with Gasteiger partial charge in [-0.25, -0.2) is 4.99 Å². The van der Waals surface area contributed by atoms with E-state index in [4.69, 9.17) is 5.73 Å². The van der Waals surface area contributed by atoms with E-state index in [1.165, 1.54) is 30.4 Å². The number of hydrogen-bond donors (Lipinski definition) is 2. The van der Waals surface area contributed by atoms with Crippen LogP contribution in [0.4, 0.5) is 5.69 Å². The van der Waals surface area contributed by atoms with Gasteiger partial charge in [0.15, 0.2) is 5.96 Å². The molecule has 1 unspecified atom stereocenters. The van der Waals surface area contributed by atoms with E-state index in [0.717, 1.165) is 30.5 Å². The van der Waals surface area contributed by atoms with Crippen molar-refractivity contribution < 1.29 is 4.79 Å². The Kier molecular flexibility index (Phi) is 6.36. The molecule has 0 bridgehead atoms. The molecule has 1 aliphatic heterocycles. The molecule has 2 aromatic rings. The minimum absolute atomic E-state index is 0.00303. The summed E-state index contributed by atoms with van der Waals surface area (Å²) in [7, 11) is 0. The fraction of sp³-hybridized carbons (Fsp3) is 0.440. The fourth-order valence-corrected chi connectivity index (χ4v) is 4.56. The van der Waals surface area contributed by atoms with E-state index in [1.54, 1.807) is 0 Å². The molecule has 0 radical (unpaired) electrons. The number of benzene rings is 2. The van der Waals surface area contributed by atoms with Crippen LogP contribution in [0.3, 0.4) is 0 Å². The van der Waals surface area contributed by atoms with Gasteiger partial charge in [0.2, 0.25) is 5.91 Å². The number of nitrogens with zero attached hydrogens (tertiary/aromatic N) is 2. The van der Waals surface area contributed by atoms with Crippen LogP contribution < -0.4 is 11.1 Å². The van der Waals surface area contributed by atoms with Gasteiger partial charge in [-0.3, -0.25) is 4.79 Å². The molecule has 1 heterocycles. The molecule has 0 saturated heterocycles. The van der Waals surface area contributed by atoms with Crippen LogP contribution in [0.15, 0.2) is 53.5 Å². The van der Waals surface area contributed by atoms with Gasteiger partial charge in [-0.1, -0.05) is 61.7 Å². The Morgan fingerprint density at radius 1 is 1.13 bits per heavy atom. The van der Waals surface area contributed by atoms with Crippen LogP contribution in [0, 0.1) is 0 Å². The molecule has 30 heavy (non-hydrogen) atoms. The monoisotopic (exact) mass is 404 g/mol. The Morgan fingerprint density at radius 3 is 2.67 bits per heavy atom. The van der Waals surface area contributed by atoms with E-state index in [1.807, 2.05) is 6.07 Å². The van der Waals surface area contributed by atoms with Crippen molar-refractivity contribution in [3.63, 3.8) is 0 Å². The van der Waals surface area contributed by atoms with Crippen molar-refractivity contribution in [1.82, 2.24) is 10.2 Å². The molecule has 1 saturated carbocycles. The second kappa shape index (κ2) is 9.33. The molecule has 158 valence electrons. The first-order valence-electron chi connectivity index (χ1n) is 11.1. The molecule has 5 heteroatoms. The second-order valence-electron chi connectivity index (χ2n) is 8.68. The Bertz CT molecular complexity index is 903. The van der Waals surface area contributed by atoms with Crippen LogP contribution in [0.2, 0.25) is 0 Å². The molecule has 1 amide bonds. The predicted molar refractivity (Wildman–Crippen MR) is 122 cm³/mol. The molecule has 0 spiro atoms. The zero-order chi connectivity index (χ0) is 20.9. The van der Waals surface area contributed by atoms with Crippen LogP contribution in [0.1, 0.15) is 62.1 Å². The third-order valence-corrected chi connectivity index (χ3v) is 6.25. The summed E-state index contributed by atoms with van der Waals surface area (Å²) in [5.74, 6) is 0.613. The van der Waals surface area contributed by atoms with E-state index >= 15 is 0 Å². The van der Waals surface area contributed by atoms with Crippen molar-refractivity contribution in [2.75, 3.05) is 0 Å². The van der Waals surface area contributed by atoms with Gasteiger partial charge >= 0.3 is 0 Å². The van der Waals surface area contributed by atoms with E-state index in [2.05, 4.69) is 64.6 Å². The number of guanidine groups is 1. The molecule has 5 nitrogen and oxygen atoms in total. The number of nitrogens with one attached hydrogen (secondary N) is 1. The van der Waals surface area contributed by atoms with Gasteiger partial charge in [0.25, 0.3) is 0 Å². The van der Waals surface area contributed by atoms with Gasteiger partial charge in [0.05, 0.1) is 5.69 Å². The zero-order valence-corrected chi connectivity index (χ0v) is 17.8. The highest BCUT2D eigenvalue weighted by Gasteiger charge is 2.25. The molecule has 1 fully saturated rings. The zero-order valence-electron chi connectivity index (χ0n) is 17.8. The van der Waals surface area contributed by atoms with Crippen molar-refractivity contribution in [2.24, 2.45) is 10.7 Å². The number of fused-ring (bicyclic) bond motifs is 1. The SMILES string of the molecule is CC(CC(=O)NC1CCCCC1)N1Cc2cc(Cc3ccccc3)ccc2N=C1N. The maximum atomic E-state index is 12.6. The van der Waals surface area contributed by atoms with Gasteiger partial charge in [0, 0.05) is 25.0 Å². The van der Waals surface area contributed by atoms with Gasteiger partial charge in [-0.2, -0.15) is 0 Å². The summed E-state index contributed by atoms with van der Waals surface area (Å²) in [6, 6.07) is 17.2. The summed E-state index contributed by atoms with van der Waals surface area (Å²) in [6.07, 6.45) is 7.26. The van der Waals surface area contributed by atoms with E-state index < -0.39 is 0 Å². The Balaban J connectivity index is 1.40. The standard InChI is InChI=1S/C25H32N4O/c1-18(14-24(30)27-22-10-6-3-7-11-22)29-17-21-16-20(12-13-23(21)28-25(29)26)15-19-8-4-2-5-9-19/h2,4-5,8-9,12-13,16,18,22H,3,6-7,10-11,14-15,17H2,1H3,(H2,26,28)(H,27,30). The first-order chi connectivity index (χ1) is 14.6. The molecule has 0 aromatic heterocycles. The molecule has 3 N–H and O–H groups in total. The molecule has 1 atom stereocenters. The maximum absolute atomic E-state index is 12.6. The minimum Gasteiger partial charge on any atom is -0.369 e. The van der Waals surface area contributed by atoms with Gasteiger partial charge in [-0.05, 0) is 48.9 Å². The van der Waals surface area contributed by atoms with Gasteiger partial charge in [-0.15, -0.1) is 0 Å². The van der Waals surface area contributed by atoms with Crippen LogP contribution >= 0.6 is 0 Å². The lowest BCUT2D eigenvalue weighted by atomic mass is 9.95. The molecule has 1 aliphatic carbocycles. The topological polar surface area (TPSA) is 70.7 Å². The number of carbonyl (C=O) groups is 1. The van der Waals surface area contributed by atoms with E-state index in [-0.39, 0.29) is 11.9 Å². The smallest absolute Gasteiger partial charge is 0.222 e. The third-order valence-electron chi connectivity index (χ3n) is 6.25. The number of rotatable bonds is 6. The minimum atomic E-state index is 0.00303. The highest BCUT2D eigenvalue weighted by Crippen LogP contribution is 2.29. The summed E-state index contributed by atoms with van der Waals surface area (Å²) >= 11 is 0. The Hall–Kier alpha value is -2.82. The third kappa shape index (κ3) is 5.02. The molecule has 2 aliphatic rings. The normalized spacial score (nSPS) is 17.8. The lowest BCUT2D eigenvalue weighted by Gasteiger charge is -2.34. The van der Waals surface area contributed by atoms with Crippen molar-refractivity contribution in [2.45, 2.75) is 70.5 Å². The molecule has 4 rings (SSSR count). The number of carbonyl (C=O) groups excluding carboxylic acids is 1. The highest BCUT2D eigenvalue weighted by molar-refractivity contribution is 5.85. The summed E-state index contributed by atoms with van der Waals surface area (Å²) in [5.41, 5.74) is 10.9. The average Bonchev–Trinajstić information content (AvgIpc) is 2.75. The van der Waals surface area contributed by atoms with E-state index in [0.29, 0.717) is 25.0 Å². The van der Waals surface area contributed by atoms with Crippen molar-refractivity contribution >= 4 is 17.6 Å². The highest BCUT2D eigenvalue weighted by atomic mass is 16.1. The number of hydrogen-bond acceptors (Lipinski definition) is 4. The first kappa shape index (κ1) is 20.5. The Labute approximate surface area is 179 Å². The van der Waals surface area contributed by atoms with Crippen molar-refractivity contribution in [3.8, 4) is 0 Å². The van der Waals surface area contributed by atoms with Crippen LogP contribution in [0.25, 0.3) is 0 Å². The lowest BCUT2D eigenvalue weighted by molar-refractivity contribution is -0.122. The van der Waals surface area contributed by atoms with Crippen LogP contribution in [0.5, 0.6) is 0 Å². The predicted octanol–water partition coefficient (Wildman–Crippen LogP) is 4.27. The summed E-state index contributed by atoms with van der Waals surface area (Å²) in [5, 5.41) is 3.21. The molecular formula is C25H32N4O. The average molecular weight is 405 g/mol. The summed E-state index contributed by atoms with van der Waals surface area (Å²) in [6.45, 7) is 2.74. The summed E-state index contributed by atoms with van der Waals surface area (Å²) in [4.78, 5) is 19.2. The largest absolute Gasteiger partial charge is 0.369 e. The number of nitrogens with two attached hydrogens (primary N) is 1. The summed E-state index contributed by atoms with van der Waals surface area (Å²) < 4.78 is 0. The van der Waals surface area contributed by atoms with Crippen LogP contribution in [-0.2, 0) is 17.8 Å². The number of amides is 1. The van der Waals surface area contributed by atoms with Crippen LogP contribution in [-0.4, -0.2) is 28.9 Å². The lowest BCUT2D eigenvalue weighted by Crippen LogP contribution is -2.47.